The van der Waals surface area contributed by atoms with Gasteiger partial charge in [0, 0.05) is 19.6 Å². The molecule has 0 amide bonds. The van der Waals surface area contributed by atoms with Crippen molar-refractivity contribution in [2.75, 3.05) is 26.7 Å². The van der Waals surface area contributed by atoms with Gasteiger partial charge in [-0.05, 0) is 24.7 Å². The van der Waals surface area contributed by atoms with Crippen molar-refractivity contribution >= 4 is 5.97 Å². The first kappa shape index (κ1) is 10.7. The molecule has 3 nitrogen and oxygen atoms in total. The van der Waals surface area contributed by atoms with Crippen molar-refractivity contribution in [3.05, 3.63) is 12.7 Å². The molecule has 1 aliphatic carbocycles. The Morgan fingerprint density at radius 1 is 1.53 bits per heavy atom. The molecule has 1 heterocycles. The smallest absolute Gasteiger partial charge is 0.310 e. The maximum absolute atomic E-state index is 11.6. The van der Waals surface area contributed by atoms with Gasteiger partial charge in [0.2, 0.25) is 0 Å². The third-order valence-electron chi connectivity index (χ3n) is 3.56. The fraction of sp³-hybridized carbons (Fsp3) is 0.750. The van der Waals surface area contributed by atoms with E-state index in [4.69, 9.17) is 4.74 Å². The van der Waals surface area contributed by atoms with Gasteiger partial charge in [0.05, 0.1) is 13.0 Å². The summed E-state index contributed by atoms with van der Waals surface area (Å²) >= 11 is 0. The summed E-state index contributed by atoms with van der Waals surface area (Å²) in [6, 6.07) is 0. The monoisotopic (exact) mass is 209 g/mol. The second-order valence-corrected chi connectivity index (χ2v) is 4.64. The van der Waals surface area contributed by atoms with E-state index in [1.807, 2.05) is 6.08 Å². The Morgan fingerprint density at radius 2 is 2.27 bits per heavy atom. The van der Waals surface area contributed by atoms with E-state index in [-0.39, 0.29) is 11.9 Å². The van der Waals surface area contributed by atoms with Crippen molar-refractivity contribution in [3.8, 4) is 0 Å². The molecule has 0 aromatic heterocycles. The zero-order valence-corrected chi connectivity index (χ0v) is 9.32. The van der Waals surface area contributed by atoms with Crippen LogP contribution in [0, 0.1) is 17.8 Å². The third kappa shape index (κ3) is 2.23. The van der Waals surface area contributed by atoms with Crippen LogP contribution in [0.1, 0.15) is 12.8 Å². The van der Waals surface area contributed by atoms with Gasteiger partial charge in [-0.25, -0.2) is 0 Å². The number of rotatable bonds is 4. The molecule has 3 heteroatoms. The number of methoxy groups -OCH3 is 1. The predicted molar refractivity (Wildman–Crippen MR) is 58.4 cm³/mol. The largest absolute Gasteiger partial charge is 0.469 e. The Bertz CT molecular complexity index is 260. The van der Waals surface area contributed by atoms with Crippen LogP contribution in [0.15, 0.2) is 12.7 Å². The molecule has 1 saturated heterocycles. The van der Waals surface area contributed by atoms with Crippen LogP contribution in [-0.2, 0) is 9.53 Å². The van der Waals surface area contributed by atoms with Gasteiger partial charge in [0.1, 0.15) is 0 Å². The first-order chi connectivity index (χ1) is 7.26. The number of carbonyl (C=O) groups is 1. The highest BCUT2D eigenvalue weighted by atomic mass is 16.5. The van der Waals surface area contributed by atoms with Crippen molar-refractivity contribution in [1.82, 2.24) is 4.90 Å². The number of carbonyl (C=O) groups excluding carboxylic acids is 1. The van der Waals surface area contributed by atoms with Crippen LogP contribution < -0.4 is 0 Å². The van der Waals surface area contributed by atoms with E-state index in [0.29, 0.717) is 5.92 Å². The van der Waals surface area contributed by atoms with Crippen LogP contribution in [0.4, 0.5) is 0 Å². The second-order valence-electron chi connectivity index (χ2n) is 4.64. The Labute approximate surface area is 91.1 Å². The van der Waals surface area contributed by atoms with Crippen molar-refractivity contribution in [2.24, 2.45) is 17.8 Å². The van der Waals surface area contributed by atoms with Crippen molar-refractivity contribution in [2.45, 2.75) is 12.8 Å². The summed E-state index contributed by atoms with van der Waals surface area (Å²) in [4.78, 5) is 13.9. The molecule has 1 aliphatic heterocycles. The van der Waals surface area contributed by atoms with Gasteiger partial charge < -0.3 is 4.74 Å². The summed E-state index contributed by atoms with van der Waals surface area (Å²) in [5.74, 6) is 1.36. The molecule has 0 aromatic rings. The van der Waals surface area contributed by atoms with Crippen molar-refractivity contribution in [1.29, 1.82) is 0 Å². The summed E-state index contributed by atoms with van der Waals surface area (Å²) in [6.45, 7) is 6.51. The lowest BCUT2D eigenvalue weighted by atomic mass is 9.92. The van der Waals surface area contributed by atoms with Gasteiger partial charge in [-0.2, -0.15) is 0 Å². The molecule has 84 valence electrons. The molecule has 0 spiro atoms. The summed E-state index contributed by atoms with van der Waals surface area (Å²) in [7, 11) is 1.49. The van der Waals surface area contributed by atoms with Crippen LogP contribution in [0.2, 0.25) is 0 Å². The molecular weight excluding hydrogens is 190 g/mol. The van der Waals surface area contributed by atoms with Gasteiger partial charge >= 0.3 is 5.97 Å². The van der Waals surface area contributed by atoms with E-state index < -0.39 is 0 Å². The first-order valence-electron chi connectivity index (χ1n) is 5.67. The highest BCUT2D eigenvalue weighted by Gasteiger charge is 2.45. The van der Waals surface area contributed by atoms with Gasteiger partial charge in [-0.1, -0.05) is 6.08 Å². The quantitative estimate of drug-likeness (QED) is 0.516. The Hall–Kier alpha value is -0.830. The molecule has 2 aliphatic rings. The summed E-state index contributed by atoms with van der Waals surface area (Å²) in [5, 5.41) is 0. The number of esters is 1. The minimum atomic E-state index is -0.0292. The molecule has 1 saturated carbocycles. The topological polar surface area (TPSA) is 29.5 Å². The SMILES string of the molecule is C=CCN1CC(C(=O)OC)C(C2CC2)C1. The zero-order chi connectivity index (χ0) is 10.8. The fourth-order valence-corrected chi connectivity index (χ4v) is 2.65. The minimum Gasteiger partial charge on any atom is -0.469 e. The molecule has 0 bridgehead atoms. The lowest BCUT2D eigenvalue weighted by molar-refractivity contribution is -0.146. The number of hydrogen-bond acceptors (Lipinski definition) is 3. The maximum Gasteiger partial charge on any atom is 0.310 e. The molecule has 15 heavy (non-hydrogen) atoms. The molecule has 0 N–H and O–H groups in total. The van der Waals surface area contributed by atoms with Crippen LogP contribution in [-0.4, -0.2) is 37.6 Å². The molecule has 2 atom stereocenters. The van der Waals surface area contributed by atoms with Crippen molar-refractivity contribution in [3.63, 3.8) is 0 Å². The minimum absolute atomic E-state index is 0.0292. The molecule has 2 unspecified atom stereocenters. The average molecular weight is 209 g/mol. The predicted octanol–water partition coefficient (Wildman–Crippen LogP) is 1.30. The van der Waals surface area contributed by atoms with Crippen LogP contribution in [0.3, 0.4) is 0 Å². The first-order valence-corrected chi connectivity index (χ1v) is 5.67. The standard InChI is InChI=1S/C12H19NO2/c1-3-6-13-7-10(9-4-5-9)11(8-13)12(14)15-2/h3,9-11H,1,4-8H2,2H3. The van der Waals surface area contributed by atoms with E-state index in [2.05, 4.69) is 11.5 Å². The second kappa shape index (κ2) is 4.35. The summed E-state index contributed by atoms with van der Waals surface area (Å²) in [5.41, 5.74) is 0. The van der Waals surface area contributed by atoms with Gasteiger partial charge in [-0.15, -0.1) is 6.58 Å². The van der Waals surface area contributed by atoms with E-state index in [1.165, 1.54) is 20.0 Å². The number of hydrogen-bond donors (Lipinski definition) is 0. The van der Waals surface area contributed by atoms with E-state index in [9.17, 15) is 4.79 Å². The van der Waals surface area contributed by atoms with Gasteiger partial charge in [-0.3, -0.25) is 9.69 Å². The number of likely N-dealkylation sites (tertiary alicyclic amines) is 1. The lowest BCUT2D eigenvalue weighted by Crippen LogP contribution is -2.25. The number of ether oxygens (including phenoxy) is 1. The Kier molecular flexibility index (Phi) is 3.10. The maximum atomic E-state index is 11.6. The average Bonchev–Trinajstić information content (AvgIpc) is 3.00. The molecule has 0 radical (unpaired) electrons. The van der Waals surface area contributed by atoms with Crippen molar-refractivity contribution < 1.29 is 9.53 Å². The van der Waals surface area contributed by atoms with E-state index in [0.717, 1.165) is 25.6 Å². The highest BCUT2D eigenvalue weighted by molar-refractivity contribution is 5.73. The normalized spacial score (nSPS) is 31.5. The summed E-state index contributed by atoms with van der Waals surface area (Å²) < 4.78 is 4.88. The Morgan fingerprint density at radius 3 is 2.80 bits per heavy atom. The fourth-order valence-electron chi connectivity index (χ4n) is 2.65. The zero-order valence-electron chi connectivity index (χ0n) is 9.32. The van der Waals surface area contributed by atoms with E-state index in [1.54, 1.807) is 0 Å². The molecule has 2 rings (SSSR count). The highest BCUT2D eigenvalue weighted by Crippen LogP contribution is 2.44. The molecular formula is C12H19NO2. The molecule has 0 aromatic carbocycles. The van der Waals surface area contributed by atoms with Crippen LogP contribution in [0.5, 0.6) is 0 Å². The van der Waals surface area contributed by atoms with Crippen LogP contribution >= 0.6 is 0 Å². The Balaban J connectivity index is 2.00. The van der Waals surface area contributed by atoms with E-state index >= 15 is 0 Å². The van der Waals surface area contributed by atoms with Crippen LogP contribution in [0.25, 0.3) is 0 Å². The lowest BCUT2D eigenvalue weighted by Gasteiger charge is -2.14. The number of nitrogens with zero attached hydrogens (tertiary/aromatic N) is 1. The van der Waals surface area contributed by atoms with Gasteiger partial charge in [0.25, 0.3) is 0 Å². The summed E-state index contributed by atoms with van der Waals surface area (Å²) in [6.07, 6.45) is 4.49. The third-order valence-corrected chi connectivity index (χ3v) is 3.56. The van der Waals surface area contributed by atoms with Gasteiger partial charge in [0.15, 0.2) is 0 Å². The molecule has 2 fully saturated rings.